The normalized spacial score (nSPS) is 14.1. The van der Waals surface area contributed by atoms with E-state index in [1.165, 1.54) is 25.7 Å². The Balaban J connectivity index is 1.29. The molecule has 1 atom stereocenters. The Morgan fingerprint density at radius 3 is 2.19 bits per heavy atom. The Labute approximate surface area is 214 Å². The van der Waals surface area contributed by atoms with Gasteiger partial charge in [0, 0.05) is 36.6 Å². The lowest BCUT2D eigenvalue weighted by Crippen LogP contribution is -2.43. The van der Waals surface area contributed by atoms with Crippen LogP contribution in [0.5, 0.6) is 5.75 Å². The Morgan fingerprint density at radius 1 is 0.889 bits per heavy atom. The number of carbonyl (C=O) groups excluding carboxylic acids is 1. The molecule has 6 nitrogen and oxygen atoms in total. The number of benzene rings is 2. The smallest absolute Gasteiger partial charge is 0.239 e. The van der Waals surface area contributed by atoms with Gasteiger partial charge in [0.25, 0.3) is 0 Å². The molecule has 190 valence electrons. The fourth-order valence-corrected chi connectivity index (χ4v) is 4.57. The summed E-state index contributed by atoms with van der Waals surface area (Å²) in [4.78, 5) is 23.5. The zero-order valence-corrected chi connectivity index (χ0v) is 21.4. The summed E-state index contributed by atoms with van der Waals surface area (Å²) in [6.45, 7) is 4.65. The second kappa shape index (κ2) is 13.2. The summed E-state index contributed by atoms with van der Waals surface area (Å²) in [6, 6.07) is 15.6. The summed E-state index contributed by atoms with van der Waals surface area (Å²) in [5.74, 6) is 1.62. The zero-order valence-electron chi connectivity index (χ0n) is 21.4. The van der Waals surface area contributed by atoms with Gasteiger partial charge in [0.15, 0.2) is 5.82 Å². The predicted molar refractivity (Wildman–Crippen MR) is 145 cm³/mol. The van der Waals surface area contributed by atoms with Crippen molar-refractivity contribution in [3.63, 3.8) is 0 Å². The van der Waals surface area contributed by atoms with Crippen LogP contribution >= 0.6 is 0 Å². The van der Waals surface area contributed by atoms with Gasteiger partial charge in [-0.15, -0.1) is 0 Å². The number of ether oxygens (including phenoxy) is 1. The molecule has 1 aliphatic rings. The highest BCUT2D eigenvalue weighted by molar-refractivity contribution is 5.82. The van der Waals surface area contributed by atoms with Gasteiger partial charge in [-0.1, -0.05) is 69.0 Å². The zero-order chi connectivity index (χ0) is 25.2. The van der Waals surface area contributed by atoms with Crippen LogP contribution in [0.2, 0.25) is 0 Å². The molecule has 0 aliphatic carbocycles. The molecule has 1 unspecified atom stereocenters. The van der Waals surface area contributed by atoms with Gasteiger partial charge < -0.3 is 15.4 Å². The fourth-order valence-electron chi connectivity index (χ4n) is 4.57. The Kier molecular flexibility index (Phi) is 9.45. The number of rotatable bonds is 12. The summed E-state index contributed by atoms with van der Waals surface area (Å²) in [5, 5.41) is 0. The molecule has 2 aromatic carbocycles. The van der Waals surface area contributed by atoms with E-state index in [9.17, 15) is 4.79 Å². The molecule has 6 heteroatoms. The summed E-state index contributed by atoms with van der Waals surface area (Å²) in [7, 11) is 0. The van der Waals surface area contributed by atoms with Crippen molar-refractivity contribution in [2.24, 2.45) is 5.73 Å². The molecule has 1 aromatic heterocycles. The third kappa shape index (κ3) is 7.14. The SMILES string of the molecule is CCCCCCCOc1ccc(-c2cnc(-c3ccc(CC(N)C(=O)N4CCCC4)cc3)nc2)cc1. The highest BCUT2D eigenvalue weighted by Crippen LogP contribution is 2.24. The monoisotopic (exact) mass is 486 g/mol. The first-order valence-corrected chi connectivity index (χ1v) is 13.3. The fraction of sp³-hybridized carbons (Fsp3) is 0.433. The van der Waals surface area contributed by atoms with Crippen molar-refractivity contribution < 1.29 is 9.53 Å². The number of unbranched alkanes of at least 4 members (excludes halogenated alkanes) is 4. The molecule has 4 rings (SSSR count). The Morgan fingerprint density at radius 2 is 1.53 bits per heavy atom. The lowest BCUT2D eigenvalue weighted by molar-refractivity contribution is -0.131. The Hall–Kier alpha value is -3.25. The molecule has 0 bridgehead atoms. The molecule has 0 spiro atoms. The third-order valence-electron chi connectivity index (χ3n) is 6.76. The van der Waals surface area contributed by atoms with Gasteiger partial charge in [-0.2, -0.15) is 0 Å². The first-order chi connectivity index (χ1) is 17.6. The average Bonchev–Trinajstić information content (AvgIpc) is 3.46. The topological polar surface area (TPSA) is 81.3 Å². The van der Waals surface area contributed by atoms with Gasteiger partial charge in [0.05, 0.1) is 12.6 Å². The lowest BCUT2D eigenvalue weighted by Gasteiger charge is -2.20. The quantitative estimate of drug-likeness (QED) is 0.335. The van der Waals surface area contributed by atoms with Crippen LogP contribution in [0.25, 0.3) is 22.5 Å². The molecule has 1 fully saturated rings. The van der Waals surface area contributed by atoms with E-state index in [0.29, 0.717) is 12.2 Å². The Bertz CT molecular complexity index is 1080. The lowest BCUT2D eigenvalue weighted by atomic mass is 10.0. The van der Waals surface area contributed by atoms with Gasteiger partial charge >= 0.3 is 0 Å². The molecule has 0 saturated carbocycles. The summed E-state index contributed by atoms with van der Waals surface area (Å²) >= 11 is 0. The maximum atomic E-state index is 12.5. The third-order valence-corrected chi connectivity index (χ3v) is 6.76. The van der Waals surface area contributed by atoms with Gasteiger partial charge in [-0.05, 0) is 48.9 Å². The van der Waals surface area contributed by atoms with Crippen molar-refractivity contribution in [3.8, 4) is 28.3 Å². The number of nitrogens with zero attached hydrogens (tertiary/aromatic N) is 3. The second-order valence-corrected chi connectivity index (χ2v) is 9.62. The highest BCUT2D eigenvalue weighted by Gasteiger charge is 2.23. The van der Waals surface area contributed by atoms with Crippen molar-refractivity contribution in [1.82, 2.24) is 14.9 Å². The number of amides is 1. The maximum Gasteiger partial charge on any atom is 0.239 e. The summed E-state index contributed by atoms with van der Waals surface area (Å²) in [6.07, 6.45) is 12.6. The van der Waals surface area contributed by atoms with Crippen LogP contribution in [0, 0.1) is 0 Å². The summed E-state index contributed by atoms with van der Waals surface area (Å²) < 4.78 is 5.87. The largest absolute Gasteiger partial charge is 0.494 e. The molecule has 1 saturated heterocycles. The second-order valence-electron chi connectivity index (χ2n) is 9.62. The van der Waals surface area contributed by atoms with E-state index in [1.807, 2.05) is 65.8 Å². The maximum absolute atomic E-state index is 12.5. The number of hydrogen-bond acceptors (Lipinski definition) is 5. The average molecular weight is 487 g/mol. The van der Waals surface area contributed by atoms with Gasteiger partial charge in [-0.3, -0.25) is 4.79 Å². The highest BCUT2D eigenvalue weighted by atomic mass is 16.5. The molecular formula is C30H38N4O2. The first kappa shape index (κ1) is 25.8. The molecule has 3 aromatic rings. The van der Waals surface area contributed by atoms with Crippen molar-refractivity contribution in [2.75, 3.05) is 19.7 Å². The van der Waals surface area contributed by atoms with E-state index >= 15 is 0 Å². The van der Waals surface area contributed by atoms with E-state index in [-0.39, 0.29) is 5.91 Å². The minimum Gasteiger partial charge on any atom is -0.494 e. The van der Waals surface area contributed by atoms with E-state index in [2.05, 4.69) is 16.9 Å². The van der Waals surface area contributed by atoms with E-state index < -0.39 is 6.04 Å². The van der Waals surface area contributed by atoms with Crippen LogP contribution in [0.3, 0.4) is 0 Å². The summed E-state index contributed by atoms with van der Waals surface area (Å²) in [5.41, 5.74) is 10.2. The van der Waals surface area contributed by atoms with Crippen molar-refractivity contribution in [3.05, 3.63) is 66.5 Å². The van der Waals surface area contributed by atoms with Crippen LogP contribution in [-0.4, -0.2) is 46.5 Å². The van der Waals surface area contributed by atoms with Gasteiger partial charge in [0.1, 0.15) is 5.75 Å². The standard InChI is InChI=1S/C30H38N4O2/c1-2-3-4-5-8-19-36-27-15-13-24(14-16-27)26-21-32-29(33-22-26)25-11-9-23(10-12-25)20-28(31)30(35)34-17-6-7-18-34/h9-16,21-22,28H,2-8,17-20,31H2,1H3. The number of hydrogen-bond donors (Lipinski definition) is 1. The first-order valence-electron chi connectivity index (χ1n) is 13.3. The number of carbonyl (C=O) groups is 1. The molecule has 2 heterocycles. The van der Waals surface area contributed by atoms with Gasteiger partial charge in [-0.25, -0.2) is 9.97 Å². The molecule has 1 aliphatic heterocycles. The van der Waals surface area contributed by atoms with E-state index in [1.54, 1.807) is 0 Å². The number of aromatic nitrogens is 2. The van der Waals surface area contributed by atoms with Crippen molar-refractivity contribution >= 4 is 5.91 Å². The van der Waals surface area contributed by atoms with Crippen LogP contribution in [0.1, 0.15) is 57.4 Å². The molecular weight excluding hydrogens is 448 g/mol. The van der Waals surface area contributed by atoms with Gasteiger partial charge in [0.2, 0.25) is 5.91 Å². The van der Waals surface area contributed by atoms with Crippen LogP contribution in [0.4, 0.5) is 0 Å². The van der Waals surface area contributed by atoms with Crippen molar-refractivity contribution in [1.29, 1.82) is 0 Å². The van der Waals surface area contributed by atoms with Crippen LogP contribution in [0.15, 0.2) is 60.9 Å². The number of likely N-dealkylation sites (tertiary alicyclic amines) is 1. The number of nitrogens with two attached hydrogens (primary N) is 1. The minimum atomic E-state index is -0.493. The van der Waals surface area contributed by atoms with Crippen molar-refractivity contribution in [2.45, 2.75) is 64.3 Å². The molecule has 0 radical (unpaired) electrons. The molecule has 36 heavy (non-hydrogen) atoms. The molecule has 1 amide bonds. The van der Waals surface area contributed by atoms with Crippen LogP contribution < -0.4 is 10.5 Å². The van der Waals surface area contributed by atoms with Crippen LogP contribution in [-0.2, 0) is 11.2 Å². The molecule has 2 N–H and O–H groups in total. The van der Waals surface area contributed by atoms with E-state index in [0.717, 1.165) is 67.0 Å². The minimum absolute atomic E-state index is 0.0532. The predicted octanol–water partition coefficient (Wildman–Crippen LogP) is 5.65. The van der Waals surface area contributed by atoms with E-state index in [4.69, 9.17) is 10.5 Å².